The van der Waals surface area contributed by atoms with Crippen LogP contribution in [0, 0.1) is 11.7 Å². The Morgan fingerprint density at radius 2 is 2.07 bits per heavy atom. The van der Waals surface area contributed by atoms with Crippen molar-refractivity contribution >= 4 is 5.91 Å². The molecule has 1 spiro atoms. The molecule has 3 saturated heterocycles. The van der Waals surface area contributed by atoms with Crippen molar-refractivity contribution in [2.75, 3.05) is 46.4 Å². The molecule has 0 saturated carbocycles. The number of amides is 1. The third kappa shape index (κ3) is 3.97. The molecule has 0 aromatic heterocycles. The normalized spacial score (nSPS) is 25.3. The maximum absolute atomic E-state index is 13.9. The highest BCUT2D eigenvalue weighted by Gasteiger charge is 2.48. The first-order valence-electron chi connectivity index (χ1n) is 10.1. The summed E-state index contributed by atoms with van der Waals surface area (Å²) in [7, 11) is 1.41. The van der Waals surface area contributed by atoms with Crippen molar-refractivity contribution in [2.45, 2.75) is 37.7 Å². The van der Waals surface area contributed by atoms with Crippen LogP contribution in [0.2, 0.25) is 0 Å². The summed E-state index contributed by atoms with van der Waals surface area (Å²) >= 11 is 0. The van der Waals surface area contributed by atoms with E-state index in [1.807, 2.05) is 0 Å². The van der Waals surface area contributed by atoms with Crippen LogP contribution in [-0.2, 0) is 4.74 Å². The Bertz CT molecular complexity index is 674. The molecule has 1 atom stereocenters. The molecule has 0 unspecified atom stereocenters. The Morgan fingerprint density at radius 3 is 2.70 bits per heavy atom. The number of carbonyl (C=O) groups excluding carboxylic acids is 1. The molecule has 3 aliphatic rings. The quantitative estimate of drug-likeness (QED) is 0.810. The maximum atomic E-state index is 13.9. The van der Waals surface area contributed by atoms with E-state index in [1.54, 1.807) is 11.0 Å². The van der Waals surface area contributed by atoms with E-state index in [9.17, 15) is 9.18 Å². The Morgan fingerprint density at radius 1 is 1.30 bits per heavy atom. The second-order valence-corrected chi connectivity index (χ2v) is 8.27. The molecule has 0 bridgehead atoms. The zero-order chi connectivity index (χ0) is 18.9. The maximum Gasteiger partial charge on any atom is 0.254 e. The van der Waals surface area contributed by atoms with Gasteiger partial charge in [-0.25, -0.2) is 4.39 Å². The number of hydrogen-bond acceptors (Lipinski definition) is 4. The summed E-state index contributed by atoms with van der Waals surface area (Å²) < 4.78 is 25.0. The summed E-state index contributed by atoms with van der Waals surface area (Å²) in [6, 6.07) is 4.37. The predicted molar refractivity (Wildman–Crippen MR) is 101 cm³/mol. The number of ether oxygens (including phenoxy) is 2. The summed E-state index contributed by atoms with van der Waals surface area (Å²) in [5, 5.41) is 0. The fraction of sp³-hybridized carbons (Fsp3) is 0.667. The lowest BCUT2D eigenvalue weighted by atomic mass is 9.82. The molecule has 1 aromatic carbocycles. The predicted octanol–water partition coefficient (Wildman–Crippen LogP) is 2.94. The van der Waals surface area contributed by atoms with Crippen LogP contribution in [0.3, 0.4) is 0 Å². The molecule has 27 heavy (non-hydrogen) atoms. The van der Waals surface area contributed by atoms with Crippen molar-refractivity contribution in [3.63, 3.8) is 0 Å². The van der Waals surface area contributed by atoms with Crippen LogP contribution in [0.5, 0.6) is 5.75 Å². The van der Waals surface area contributed by atoms with Crippen LogP contribution in [0.15, 0.2) is 18.2 Å². The van der Waals surface area contributed by atoms with Gasteiger partial charge in [-0.3, -0.25) is 4.79 Å². The fourth-order valence-electron chi connectivity index (χ4n) is 4.59. The molecule has 4 rings (SSSR count). The van der Waals surface area contributed by atoms with Gasteiger partial charge in [-0.05, 0) is 62.9 Å². The molecule has 3 fully saturated rings. The van der Waals surface area contributed by atoms with E-state index in [0.717, 1.165) is 26.0 Å². The molecular formula is C21H29FN2O3. The number of nitrogens with zero attached hydrogens (tertiary/aromatic N) is 2. The van der Waals surface area contributed by atoms with Crippen LogP contribution in [0.25, 0.3) is 0 Å². The first-order valence-corrected chi connectivity index (χ1v) is 10.1. The van der Waals surface area contributed by atoms with Gasteiger partial charge >= 0.3 is 0 Å². The van der Waals surface area contributed by atoms with Crippen LogP contribution >= 0.6 is 0 Å². The van der Waals surface area contributed by atoms with Gasteiger partial charge in [0.1, 0.15) is 5.60 Å². The number of benzene rings is 1. The average molecular weight is 376 g/mol. The highest BCUT2D eigenvalue weighted by Crippen LogP contribution is 2.37. The summed E-state index contributed by atoms with van der Waals surface area (Å²) in [5.74, 6) is 0.116. The Balaban J connectivity index is 1.26. The number of likely N-dealkylation sites (tertiary alicyclic amines) is 2. The molecule has 3 heterocycles. The van der Waals surface area contributed by atoms with E-state index >= 15 is 0 Å². The van der Waals surface area contributed by atoms with E-state index in [4.69, 9.17) is 9.47 Å². The van der Waals surface area contributed by atoms with Crippen LogP contribution < -0.4 is 4.74 Å². The number of halogens is 1. The number of hydrogen-bond donors (Lipinski definition) is 0. The van der Waals surface area contributed by atoms with E-state index in [2.05, 4.69) is 4.90 Å². The van der Waals surface area contributed by atoms with Gasteiger partial charge in [-0.15, -0.1) is 0 Å². The van der Waals surface area contributed by atoms with Crippen molar-refractivity contribution in [1.29, 1.82) is 0 Å². The van der Waals surface area contributed by atoms with Gasteiger partial charge in [0.15, 0.2) is 11.6 Å². The molecule has 0 aliphatic carbocycles. The highest BCUT2D eigenvalue weighted by atomic mass is 19.1. The van der Waals surface area contributed by atoms with Gasteiger partial charge in [0.05, 0.1) is 26.8 Å². The summed E-state index contributed by atoms with van der Waals surface area (Å²) in [6.07, 6.45) is 6.17. The fourth-order valence-corrected chi connectivity index (χ4v) is 4.59. The zero-order valence-corrected chi connectivity index (χ0v) is 16.1. The standard InChI is InChI=1S/C21H29FN2O3/c1-26-19-6-5-17(11-18(19)22)20(25)24-14-21(15-24)8-7-16(13-27-21)12-23-9-3-2-4-10-23/h5-6,11,16H,2-4,7-10,12-15H2,1H3/t16-/m0/s1. The zero-order valence-electron chi connectivity index (χ0n) is 16.1. The minimum absolute atomic E-state index is 0.138. The topological polar surface area (TPSA) is 42.0 Å². The Kier molecular flexibility index (Phi) is 5.37. The highest BCUT2D eigenvalue weighted by molar-refractivity contribution is 5.95. The Labute approximate surface area is 160 Å². The van der Waals surface area contributed by atoms with Crippen molar-refractivity contribution in [2.24, 2.45) is 5.92 Å². The lowest BCUT2D eigenvalue weighted by molar-refractivity contribution is -0.168. The van der Waals surface area contributed by atoms with Gasteiger partial charge < -0.3 is 19.3 Å². The summed E-state index contributed by atoms with van der Waals surface area (Å²) in [4.78, 5) is 16.9. The second-order valence-electron chi connectivity index (χ2n) is 8.27. The molecule has 0 radical (unpaired) electrons. The average Bonchev–Trinajstić information content (AvgIpc) is 2.67. The monoisotopic (exact) mass is 376 g/mol. The van der Waals surface area contributed by atoms with E-state index in [1.165, 1.54) is 51.6 Å². The first kappa shape index (κ1) is 18.7. The van der Waals surface area contributed by atoms with Crippen molar-refractivity contribution < 1.29 is 18.7 Å². The van der Waals surface area contributed by atoms with E-state index in [0.29, 0.717) is 24.6 Å². The number of rotatable bonds is 4. The largest absolute Gasteiger partial charge is 0.494 e. The second kappa shape index (κ2) is 7.76. The third-order valence-electron chi connectivity index (χ3n) is 6.24. The van der Waals surface area contributed by atoms with Crippen LogP contribution in [0.4, 0.5) is 4.39 Å². The minimum atomic E-state index is -0.506. The van der Waals surface area contributed by atoms with Gasteiger partial charge in [0, 0.05) is 12.1 Å². The smallest absolute Gasteiger partial charge is 0.254 e. The number of methoxy groups -OCH3 is 1. The number of carbonyl (C=O) groups is 1. The minimum Gasteiger partial charge on any atom is -0.494 e. The first-order chi connectivity index (χ1) is 13.1. The van der Waals surface area contributed by atoms with Gasteiger partial charge in [-0.2, -0.15) is 0 Å². The molecule has 3 aliphatic heterocycles. The molecule has 0 N–H and O–H groups in total. The van der Waals surface area contributed by atoms with E-state index in [-0.39, 0.29) is 17.3 Å². The van der Waals surface area contributed by atoms with E-state index < -0.39 is 5.82 Å². The lowest BCUT2D eigenvalue weighted by Crippen LogP contribution is -2.66. The van der Waals surface area contributed by atoms with Crippen molar-refractivity contribution in [3.05, 3.63) is 29.6 Å². The lowest BCUT2D eigenvalue weighted by Gasteiger charge is -2.53. The summed E-state index contributed by atoms with van der Waals surface area (Å²) in [6.45, 7) is 5.59. The Hall–Kier alpha value is -1.66. The van der Waals surface area contributed by atoms with Gasteiger partial charge in [-0.1, -0.05) is 6.42 Å². The SMILES string of the molecule is COc1ccc(C(=O)N2CC3(CC[C@@H](CN4CCCCC4)CO3)C2)cc1F. The summed E-state index contributed by atoms with van der Waals surface area (Å²) in [5.41, 5.74) is 0.181. The van der Waals surface area contributed by atoms with Gasteiger partial charge in [0.25, 0.3) is 5.91 Å². The third-order valence-corrected chi connectivity index (χ3v) is 6.24. The molecule has 6 heteroatoms. The van der Waals surface area contributed by atoms with Gasteiger partial charge in [0.2, 0.25) is 0 Å². The molecule has 1 aromatic rings. The van der Waals surface area contributed by atoms with Crippen molar-refractivity contribution in [1.82, 2.24) is 9.80 Å². The number of piperidine rings is 1. The molecule has 148 valence electrons. The molecule has 5 nitrogen and oxygen atoms in total. The van der Waals surface area contributed by atoms with Crippen molar-refractivity contribution in [3.8, 4) is 5.75 Å². The molecule has 1 amide bonds. The van der Waals surface area contributed by atoms with Crippen LogP contribution in [0.1, 0.15) is 42.5 Å². The van der Waals surface area contributed by atoms with Crippen LogP contribution in [-0.4, -0.2) is 67.7 Å². The molecular weight excluding hydrogens is 347 g/mol.